The molecule has 0 aliphatic carbocycles. The highest BCUT2D eigenvalue weighted by Crippen LogP contribution is 2.27. The molecule has 0 aliphatic rings. The van der Waals surface area contributed by atoms with Gasteiger partial charge in [-0.15, -0.1) is 0 Å². The minimum atomic E-state index is -1.15. The van der Waals surface area contributed by atoms with Crippen molar-refractivity contribution in [1.82, 2.24) is 10.6 Å². The maximum atomic E-state index is 13.0. The topological polar surface area (TPSA) is 80.6 Å². The van der Waals surface area contributed by atoms with Crippen molar-refractivity contribution in [2.24, 2.45) is 5.92 Å². The first-order valence-corrected chi connectivity index (χ1v) is 9.71. The van der Waals surface area contributed by atoms with Crippen LogP contribution in [0.2, 0.25) is 5.02 Å². The summed E-state index contributed by atoms with van der Waals surface area (Å²) in [5, 5.41) is 7.12. The lowest BCUT2D eigenvalue weighted by atomic mass is 9.87. The van der Waals surface area contributed by atoms with E-state index in [0.29, 0.717) is 16.4 Å². The Morgan fingerprint density at radius 3 is 2.32 bits per heavy atom. The smallest absolute Gasteiger partial charge is 0.408 e. The van der Waals surface area contributed by atoms with Gasteiger partial charge in [0.2, 0.25) is 5.91 Å². The van der Waals surface area contributed by atoms with Gasteiger partial charge < -0.3 is 19.8 Å². The predicted molar refractivity (Wildman–Crippen MR) is 110 cm³/mol. The Kier molecular flexibility index (Phi) is 6.34. The number of halogens is 1. The third-order valence-electron chi connectivity index (χ3n) is 4.66. The molecule has 28 heavy (non-hydrogen) atoms. The average molecular weight is 409 g/mol. The Labute approximate surface area is 170 Å². The van der Waals surface area contributed by atoms with Gasteiger partial charge in [-0.25, -0.2) is 4.79 Å². The van der Waals surface area contributed by atoms with E-state index in [0.717, 1.165) is 5.39 Å². The summed E-state index contributed by atoms with van der Waals surface area (Å²) < 4.78 is 11.1. The molecule has 0 aliphatic heterocycles. The van der Waals surface area contributed by atoms with E-state index in [9.17, 15) is 9.59 Å². The molecule has 0 fully saturated rings. The molecule has 2 atom stereocenters. The molecule has 2 amide bonds. The highest BCUT2D eigenvalue weighted by atomic mass is 35.5. The largest absolute Gasteiger partial charge is 0.459 e. The molecule has 0 radical (unpaired) electrons. The summed E-state index contributed by atoms with van der Waals surface area (Å²) in [6.07, 6.45) is -0.634. The molecule has 0 saturated carbocycles. The highest BCUT2D eigenvalue weighted by Gasteiger charge is 2.40. The monoisotopic (exact) mass is 408 g/mol. The molecule has 154 valence electrons. The van der Waals surface area contributed by atoms with Crippen molar-refractivity contribution in [1.29, 1.82) is 0 Å². The molecule has 1 aromatic heterocycles. The fourth-order valence-corrected chi connectivity index (χ4v) is 2.83. The van der Waals surface area contributed by atoms with Gasteiger partial charge in [-0.2, -0.15) is 0 Å². The Morgan fingerprint density at radius 1 is 1.11 bits per heavy atom. The molecule has 2 N–H and O–H groups in total. The Balaban J connectivity index is 2.16. The molecule has 0 saturated heterocycles. The van der Waals surface area contributed by atoms with Gasteiger partial charge in [-0.05, 0) is 64.8 Å². The van der Waals surface area contributed by atoms with Crippen molar-refractivity contribution >= 4 is 34.6 Å². The number of nitrogens with one attached hydrogen (secondary N) is 2. The van der Waals surface area contributed by atoms with Crippen molar-refractivity contribution in [2.45, 2.75) is 65.6 Å². The van der Waals surface area contributed by atoms with E-state index in [2.05, 4.69) is 10.6 Å². The van der Waals surface area contributed by atoms with Crippen LogP contribution in [-0.4, -0.2) is 23.1 Å². The average Bonchev–Trinajstić information content (AvgIpc) is 2.95. The van der Waals surface area contributed by atoms with Crippen LogP contribution >= 0.6 is 11.6 Å². The fraction of sp³-hybridized carbons (Fsp3) is 0.524. The van der Waals surface area contributed by atoms with Crippen LogP contribution in [0.4, 0.5) is 4.79 Å². The second-order valence-electron chi connectivity index (χ2n) is 8.51. The third-order valence-corrected chi connectivity index (χ3v) is 4.89. The maximum Gasteiger partial charge on any atom is 0.408 e. The number of carbonyl (C=O) groups excluding carboxylic acids is 2. The fourth-order valence-electron chi connectivity index (χ4n) is 2.64. The van der Waals surface area contributed by atoms with E-state index >= 15 is 0 Å². The lowest BCUT2D eigenvalue weighted by Gasteiger charge is -2.34. The van der Waals surface area contributed by atoms with Crippen LogP contribution in [0, 0.1) is 5.92 Å². The van der Waals surface area contributed by atoms with Gasteiger partial charge in [0.05, 0.1) is 6.04 Å². The normalized spacial score (nSPS) is 15.2. The number of amides is 2. The van der Waals surface area contributed by atoms with Gasteiger partial charge >= 0.3 is 6.09 Å². The van der Waals surface area contributed by atoms with Gasteiger partial charge in [-0.1, -0.05) is 25.4 Å². The summed E-state index contributed by atoms with van der Waals surface area (Å²) in [5.74, 6) is 0.120. The lowest BCUT2D eigenvalue weighted by Crippen LogP contribution is -2.60. The summed E-state index contributed by atoms with van der Waals surface area (Å²) in [6.45, 7) is 12.6. The van der Waals surface area contributed by atoms with Gasteiger partial charge in [0.1, 0.15) is 22.5 Å². The van der Waals surface area contributed by atoms with Gasteiger partial charge in [-0.3, -0.25) is 4.79 Å². The number of alkyl carbamates (subject to hydrolysis) is 1. The van der Waals surface area contributed by atoms with E-state index in [1.807, 2.05) is 26.8 Å². The molecule has 0 spiro atoms. The number of hydrogen-bond donors (Lipinski definition) is 2. The van der Waals surface area contributed by atoms with E-state index in [1.165, 1.54) is 0 Å². The van der Waals surface area contributed by atoms with Crippen molar-refractivity contribution in [3.05, 3.63) is 35.0 Å². The number of benzene rings is 1. The molecular weight excluding hydrogens is 380 g/mol. The van der Waals surface area contributed by atoms with Crippen molar-refractivity contribution < 1.29 is 18.7 Å². The minimum Gasteiger partial charge on any atom is -0.459 e. The first kappa shape index (κ1) is 22.1. The second-order valence-corrected chi connectivity index (χ2v) is 8.95. The number of carbonyl (C=O) groups is 2. The number of hydrogen-bond acceptors (Lipinski definition) is 4. The maximum absolute atomic E-state index is 13.0. The van der Waals surface area contributed by atoms with Crippen LogP contribution in [0.25, 0.3) is 11.0 Å². The molecule has 6 nitrogen and oxygen atoms in total. The minimum absolute atomic E-state index is 0.165. The number of furan rings is 1. The molecule has 2 aromatic rings. The highest BCUT2D eigenvalue weighted by molar-refractivity contribution is 6.31. The predicted octanol–water partition coefficient (Wildman–Crippen LogP) is 5.20. The van der Waals surface area contributed by atoms with Crippen LogP contribution in [0.3, 0.4) is 0 Å². The van der Waals surface area contributed by atoms with E-state index < -0.39 is 23.3 Å². The third kappa shape index (κ3) is 5.19. The van der Waals surface area contributed by atoms with Crippen molar-refractivity contribution in [3.8, 4) is 0 Å². The second kappa shape index (κ2) is 8.03. The summed E-state index contributed by atoms with van der Waals surface area (Å²) in [6, 6.07) is 6.80. The van der Waals surface area contributed by atoms with Gasteiger partial charge in [0.15, 0.2) is 0 Å². The lowest BCUT2D eigenvalue weighted by molar-refractivity contribution is -0.129. The quantitative estimate of drug-likeness (QED) is 0.712. The summed E-state index contributed by atoms with van der Waals surface area (Å²) in [5.41, 5.74) is -1.10. The first-order chi connectivity index (χ1) is 12.8. The van der Waals surface area contributed by atoms with Crippen LogP contribution in [0.15, 0.2) is 28.7 Å². The van der Waals surface area contributed by atoms with Crippen molar-refractivity contribution in [2.75, 3.05) is 0 Å². The Hall–Kier alpha value is -2.21. The first-order valence-electron chi connectivity index (χ1n) is 9.33. The Morgan fingerprint density at radius 2 is 1.75 bits per heavy atom. The zero-order valence-electron chi connectivity index (χ0n) is 17.5. The number of ether oxygens (including phenoxy) is 1. The van der Waals surface area contributed by atoms with Crippen LogP contribution in [0.5, 0.6) is 0 Å². The molecule has 2 rings (SSSR count). The molecule has 1 aromatic carbocycles. The van der Waals surface area contributed by atoms with E-state index in [4.69, 9.17) is 20.8 Å². The van der Waals surface area contributed by atoms with Crippen LogP contribution < -0.4 is 10.6 Å². The van der Waals surface area contributed by atoms with Crippen LogP contribution in [-0.2, 0) is 9.53 Å². The zero-order chi connectivity index (χ0) is 21.3. The SMILES string of the molecule is CC(NC(=O)C(C)(NC(=O)OC(C)(C)C)C(C)C)c1cc2cc(Cl)ccc2o1. The van der Waals surface area contributed by atoms with Crippen LogP contribution in [0.1, 0.15) is 60.3 Å². The number of fused-ring (bicyclic) bond motifs is 1. The van der Waals surface area contributed by atoms with Gasteiger partial charge in [0, 0.05) is 10.4 Å². The summed E-state index contributed by atoms with van der Waals surface area (Å²) in [7, 11) is 0. The molecule has 1 heterocycles. The summed E-state index contributed by atoms with van der Waals surface area (Å²) in [4.78, 5) is 25.3. The van der Waals surface area contributed by atoms with Crippen molar-refractivity contribution in [3.63, 3.8) is 0 Å². The van der Waals surface area contributed by atoms with E-state index in [-0.39, 0.29) is 11.8 Å². The number of rotatable bonds is 5. The van der Waals surface area contributed by atoms with Gasteiger partial charge in [0.25, 0.3) is 0 Å². The Bertz CT molecular complexity index is 869. The summed E-state index contributed by atoms with van der Waals surface area (Å²) >= 11 is 6.02. The molecule has 7 heteroatoms. The zero-order valence-corrected chi connectivity index (χ0v) is 18.2. The van der Waals surface area contributed by atoms with E-state index in [1.54, 1.807) is 45.9 Å². The standard InChI is InChI=1S/C21H29ClN2O4/c1-12(2)21(7,24-19(26)28-20(4,5)6)18(25)23-13(3)17-11-14-10-15(22)8-9-16(14)27-17/h8-13H,1-7H3,(H,23,25)(H,24,26). The molecule has 2 unspecified atom stereocenters. The molecular formula is C21H29ClN2O4. The molecule has 0 bridgehead atoms.